The molecule has 3 aromatic rings. The van der Waals surface area contributed by atoms with Crippen molar-refractivity contribution in [1.29, 1.82) is 0 Å². The smallest absolute Gasteiger partial charge is 0.319 e. The van der Waals surface area contributed by atoms with E-state index in [0.29, 0.717) is 0 Å². The number of hydrogen-bond donors (Lipinski definition) is 2. The molecule has 5 nitrogen and oxygen atoms in total. The number of para-hydroxylation sites is 2. The predicted octanol–water partition coefficient (Wildman–Crippen LogP) is 4.46. The molecule has 0 saturated carbocycles. The fourth-order valence-electron chi connectivity index (χ4n) is 2.52. The lowest BCUT2D eigenvalue weighted by Crippen LogP contribution is -2.43. The molecule has 1 aromatic heterocycles. The molecule has 0 spiro atoms. The van der Waals surface area contributed by atoms with Crippen molar-refractivity contribution in [3.8, 4) is 16.8 Å². The Morgan fingerprint density at radius 1 is 1.00 bits per heavy atom. The second kappa shape index (κ2) is 6.81. The number of hydrogen-bond acceptors (Lipinski definition) is 2. The van der Waals surface area contributed by atoms with Crippen LogP contribution in [0.4, 0.5) is 10.5 Å². The van der Waals surface area contributed by atoms with E-state index in [1.54, 1.807) is 6.20 Å². The van der Waals surface area contributed by atoms with E-state index >= 15 is 0 Å². The number of carbonyl (C=O) groups is 1. The number of nitrogens with zero attached hydrogens (tertiary/aromatic N) is 2. The summed E-state index contributed by atoms with van der Waals surface area (Å²) in [4.78, 5) is 12.2. The van der Waals surface area contributed by atoms with Crippen LogP contribution in [0, 0.1) is 0 Å². The summed E-state index contributed by atoms with van der Waals surface area (Å²) in [6, 6.07) is 17.4. The van der Waals surface area contributed by atoms with Gasteiger partial charge in [-0.1, -0.05) is 36.4 Å². The van der Waals surface area contributed by atoms with Crippen molar-refractivity contribution in [2.24, 2.45) is 0 Å². The maximum Gasteiger partial charge on any atom is 0.319 e. The van der Waals surface area contributed by atoms with Gasteiger partial charge in [0.1, 0.15) is 0 Å². The molecule has 0 unspecified atom stereocenters. The van der Waals surface area contributed by atoms with E-state index in [0.717, 1.165) is 22.5 Å². The fraction of sp³-hybridized carbons (Fsp3) is 0.200. The summed E-state index contributed by atoms with van der Waals surface area (Å²) in [6.07, 6.45) is 3.76. The van der Waals surface area contributed by atoms with Gasteiger partial charge in [-0.05, 0) is 39.0 Å². The van der Waals surface area contributed by atoms with Gasteiger partial charge in [-0.25, -0.2) is 9.48 Å². The van der Waals surface area contributed by atoms with Gasteiger partial charge in [-0.15, -0.1) is 0 Å². The van der Waals surface area contributed by atoms with Crippen LogP contribution in [-0.4, -0.2) is 21.4 Å². The highest BCUT2D eigenvalue weighted by Gasteiger charge is 2.15. The first-order valence-electron chi connectivity index (χ1n) is 8.21. The van der Waals surface area contributed by atoms with Gasteiger partial charge in [0.05, 0.1) is 17.6 Å². The molecular weight excluding hydrogens is 312 g/mol. The standard InChI is InChI=1S/C20H22N4O/c1-20(2,3)23-19(25)22-18-12-8-7-11-17(18)15-13-21-24(14-15)16-9-5-4-6-10-16/h4-14H,1-3H3,(H2,22,23,25). The third-order valence-corrected chi connectivity index (χ3v) is 3.58. The molecule has 0 saturated heterocycles. The molecule has 0 radical (unpaired) electrons. The zero-order chi connectivity index (χ0) is 17.9. The molecule has 2 amide bonds. The van der Waals surface area contributed by atoms with Crippen molar-refractivity contribution in [2.45, 2.75) is 26.3 Å². The fourth-order valence-corrected chi connectivity index (χ4v) is 2.52. The van der Waals surface area contributed by atoms with Crippen molar-refractivity contribution in [1.82, 2.24) is 15.1 Å². The average Bonchev–Trinajstić information content (AvgIpc) is 3.04. The molecule has 25 heavy (non-hydrogen) atoms. The summed E-state index contributed by atoms with van der Waals surface area (Å²) >= 11 is 0. The molecule has 0 aliphatic carbocycles. The monoisotopic (exact) mass is 334 g/mol. The van der Waals surface area contributed by atoms with Crippen LogP contribution in [0.3, 0.4) is 0 Å². The number of urea groups is 1. The molecular formula is C20H22N4O. The highest BCUT2D eigenvalue weighted by molar-refractivity contribution is 5.94. The number of anilines is 1. The van der Waals surface area contributed by atoms with Crippen molar-refractivity contribution in [2.75, 3.05) is 5.32 Å². The minimum Gasteiger partial charge on any atom is -0.333 e. The van der Waals surface area contributed by atoms with E-state index in [-0.39, 0.29) is 11.6 Å². The molecule has 2 aromatic carbocycles. The number of amides is 2. The molecule has 0 aliphatic rings. The normalized spacial score (nSPS) is 11.2. The first-order valence-corrected chi connectivity index (χ1v) is 8.21. The Kier molecular flexibility index (Phi) is 4.57. The SMILES string of the molecule is CC(C)(C)NC(=O)Nc1ccccc1-c1cnn(-c2ccccc2)c1. The zero-order valence-electron chi connectivity index (χ0n) is 14.7. The lowest BCUT2D eigenvalue weighted by Gasteiger charge is -2.21. The highest BCUT2D eigenvalue weighted by Crippen LogP contribution is 2.28. The van der Waals surface area contributed by atoms with Crippen molar-refractivity contribution in [3.63, 3.8) is 0 Å². The van der Waals surface area contributed by atoms with Crippen LogP contribution in [-0.2, 0) is 0 Å². The Morgan fingerprint density at radius 3 is 2.40 bits per heavy atom. The third kappa shape index (κ3) is 4.26. The van der Waals surface area contributed by atoms with E-state index in [1.807, 2.05) is 86.2 Å². The van der Waals surface area contributed by atoms with Crippen LogP contribution in [0.25, 0.3) is 16.8 Å². The van der Waals surface area contributed by atoms with Crippen molar-refractivity contribution < 1.29 is 4.79 Å². The molecule has 3 rings (SSSR count). The molecule has 128 valence electrons. The number of nitrogens with one attached hydrogen (secondary N) is 2. The molecule has 1 heterocycles. The van der Waals surface area contributed by atoms with Gasteiger partial charge in [0.25, 0.3) is 0 Å². The van der Waals surface area contributed by atoms with Crippen LogP contribution >= 0.6 is 0 Å². The lowest BCUT2D eigenvalue weighted by atomic mass is 10.1. The molecule has 0 fully saturated rings. The summed E-state index contributed by atoms with van der Waals surface area (Å²) < 4.78 is 1.82. The van der Waals surface area contributed by atoms with E-state index in [1.165, 1.54) is 0 Å². The maximum absolute atomic E-state index is 12.2. The Balaban J connectivity index is 1.86. The maximum atomic E-state index is 12.2. The minimum absolute atomic E-state index is 0.226. The second-order valence-electron chi connectivity index (χ2n) is 6.88. The summed E-state index contributed by atoms with van der Waals surface area (Å²) in [7, 11) is 0. The summed E-state index contributed by atoms with van der Waals surface area (Å²) in [5.41, 5.74) is 3.31. The Labute approximate surface area is 147 Å². The Morgan fingerprint density at radius 2 is 1.68 bits per heavy atom. The number of carbonyl (C=O) groups excluding carboxylic acids is 1. The molecule has 0 bridgehead atoms. The van der Waals surface area contributed by atoms with Crippen LogP contribution in [0.1, 0.15) is 20.8 Å². The first kappa shape index (κ1) is 16.8. The topological polar surface area (TPSA) is 59.0 Å². The molecule has 2 N–H and O–H groups in total. The zero-order valence-corrected chi connectivity index (χ0v) is 14.7. The lowest BCUT2D eigenvalue weighted by molar-refractivity contribution is 0.244. The van der Waals surface area contributed by atoms with Crippen LogP contribution in [0.5, 0.6) is 0 Å². The first-order chi connectivity index (χ1) is 11.9. The molecule has 0 atom stereocenters. The Bertz CT molecular complexity index is 863. The minimum atomic E-state index is -0.294. The van der Waals surface area contributed by atoms with Gasteiger partial charge in [0.2, 0.25) is 0 Å². The van der Waals surface area contributed by atoms with E-state index < -0.39 is 0 Å². The van der Waals surface area contributed by atoms with Crippen LogP contribution in [0.2, 0.25) is 0 Å². The highest BCUT2D eigenvalue weighted by atomic mass is 16.2. The summed E-state index contributed by atoms with van der Waals surface area (Å²) in [5, 5.41) is 10.3. The van der Waals surface area contributed by atoms with E-state index in [9.17, 15) is 4.79 Å². The molecule has 5 heteroatoms. The van der Waals surface area contributed by atoms with E-state index in [2.05, 4.69) is 15.7 Å². The summed E-state index contributed by atoms with van der Waals surface area (Å²) in [5.74, 6) is 0. The van der Waals surface area contributed by atoms with Crippen molar-refractivity contribution >= 4 is 11.7 Å². The van der Waals surface area contributed by atoms with E-state index in [4.69, 9.17) is 0 Å². The number of aromatic nitrogens is 2. The predicted molar refractivity (Wildman–Crippen MR) is 101 cm³/mol. The van der Waals surface area contributed by atoms with Crippen LogP contribution in [0.15, 0.2) is 67.0 Å². The van der Waals surface area contributed by atoms with Gasteiger partial charge in [0.15, 0.2) is 0 Å². The van der Waals surface area contributed by atoms with Gasteiger partial charge >= 0.3 is 6.03 Å². The third-order valence-electron chi connectivity index (χ3n) is 3.58. The van der Waals surface area contributed by atoms with Gasteiger partial charge in [-0.3, -0.25) is 0 Å². The van der Waals surface area contributed by atoms with Crippen LogP contribution < -0.4 is 10.6 Å². The molecule has 0 aliphatic heterocycles. The van der Waals surface area contributed by atoms with Gasteiger partial charge in [0, 0.05) is 22.9 Å². The van der Waals surface area contributed by atoms with Gasteiger partial charge < -0.3 is 10.6 Å². The second-order valence-corrected chi connectivity index (χ2v) is 6.88. The number of benzene rings is 2. The quantitative estimate of drug-likeness (QED) is 0.743. The van der Waals surface area contributed by atoms with Crippen molar-refractivity contribution in [3.05, 3.63) is 67.0 Å². The summed E-state index contributed by atoms with van der Waals surface area (Å²) in [6.45, 7) is 5.84. The average molecular weight is 334 g/mol. The number of rotatable bonds is 3. The largest absolute Gasteiger partial charge is 0.333 e. The van der Waals surface area contributed by atoms with Gasteiger partial charge in [-0.2, -0.15) is 5.10 Å². The Hall–Kier alpha value is -3.08.